The maximum atomic E-state index is 13.8. The van der Waals surface area contributed by atoms with Crippen molar-refractivity contribution in [1.82, 2.24) is 10.2 Å². The number of cyclic esters (lactones) is 1. The van der Waals surface area contributed by atoms with E-state index in [4.69, 9.17) is 9.47 Å². The largest absolute Gasteiger partial charge is 0.494 e. The van der Waals surface area contributed by atoms with E-state index in [1.807, 2.05) is 6.92 Å². The minimum atomic E-state index is -0.824. The summed E-state index contributed by atoms with van der Waals surface area (Å²) >= 11 is 0. The number of urea groups is 1. The highest BCUT2D eigenvalue weighted by molar-refractivity contribution is 6.00. The molecule has 2 aliphatic heterocycles. The lowest BCUT2D eigenvalue weighted by molar-refractivity contribution is -0.136. The van der Waals surface area contributed by atoms with Crippen molar-refractivity contribution in [2.45, 2.75) is 13.0 Å². The molecule has 2 aromatic carbocycles. The Morgan fingerprint density at radius 2 is 2.03 bits per heavy atom. The van der Waals surface area contributed by atoms with Gasteiger partial charge in [0.2, 0.25) is 5.91 Å². The number of para-hydroxylation sites is 1. The minimum absolute atomic E-state index is 0.182. The molecule has 0 aliphatic carbocycles. The number of nitrogens with zero attached hydrogens (tertiary/aromatic N) is 1. The number of esters is 1. The monoisotopic (exact) mass is 443 g/mol. The van der Waals surface area contributed by atoms with E-state index in [2.05, 4.69) is 10.6 Å². The van der Waals surface area contributed by atoms with Gasteiger partial charge in [0, 0.05) is 11.6 Å². The van der Waals surface area contributed by atoms with E-state index in [9.17, 15) is 23.2 Å². The van der Waals surface area contributed by atoms with Crippen LogP contribution in [0.4, 0.5) is 19.3 Å². The highest BCUT2D eigenvalue weighted by atomic mass is 19.1. The summed E-state index contributed by atoms with van der Waals surface area (Å²) < 4.78 is 37.9. The van der Waals surface area contributed by atoms with E-state index < -0.39 is 42.1 Å². The molecule has 2 aromatic rings. The third-order valence-corrected chi connectivity index (χ3v) is 5.03. The maximum absolute atomic E-state index is 13.8. The normalized spacial score (nSPS) is 17.6. The van der Waals surface area contributed by atoms with Crippen LogP contribution in [0.2, 0.25) is 0 Å². The molecular weight excluding hydrogens is 424 g/mol. The molecule has 0 spiro atoms. The third-order valence-electron chi connectivity index (χ3n) is 5.03. The second-order valence-corrected chi connectivity index (χ2v) is 7.05. The number of anilines is 1. The van der Waals surface area contributed by atoms with Crippen LogP contribution in [0.15, 0.2) is 53.7 Å². The SMILES string of the molecule is CCOc1ccccc1[C@@H]1NC(=O)N(CC(=O)Nc2cc(F)ccc2F)C2=C1C(=O)OC2. The molecule has 2 aliphatic rings. The van der Waals surface area contributed by atoms with Crippen molar-refractivity contribution in [3.8, 4) is 5.75 Å². The highest BCUT2D eigenvalue weighted by Gasteiger charge is 2.43. The molecule has 0 unspecified atom stereocenters. The molecule has 0 aromatic heterocycles. The summed E-state index contributed by atoms with van der Waals surface area (Å²) in [5.41, 5.74) is 0.621. The number of hydrogen-bond donors (Lipinski definition) is 2. The molecule has 10 heteroatoms. The molecule has 0 saturated carbocycles. The first-order valence-electron chi connectivity index (χ1n) is 9.83. The van der Waals surface area contributed by atoms with Crippen LogP contribution in [0, 0.1) is 11.6 Å². The molecular formula is C22H19F2N3O5. The van der Waals surface area contributed by atoms with Gasteiger partial charge in [-0.05, 0) is 25.1 Å². The van der Waals surface area contributed by atoms with Gasteiger partial charge in [0.15, 0.2) is 0 Å². The Kier molecular flexibility index (Phi) is 5.76. The zero-order valence-electron chi connectivity index (χ0n) is 17.0. The lowest BCUT2D eigenvalue weighted by Gasteiger charge is -2.33. The van der Waals surface area contributed by atoms with Gasteiger partial charge in [-0.15, -0.1) is 0 Å². The average Bonchev–Trinajstić information content (AvgIpc) is 3.15. The molecule has 4 rings (SSSR count). The van der Waals surface area contributed by atoms with Gasteiger partial charge in [-0.3, -0.25) is 9.69 Å². The van der Waals surface area contributed by atoms with Gasteiger partial charge in [0.25, 0.3) is 0 Å². The molecule has 0 bridgehead atoms. The highest BCUT2D eigenvalue weighted by Crippen LogP contribution is 2.38. The summed E-state index contributed by atoms with van der Waals surface area (Å²) in [5, 5.41) is 4.94. The summed E-state index contributed by atoms with van der Waals surface area (Å²) in [7, 11) is 0. The Morgan fingerprint density at radius 3 is 2.81 bits per heavy atom. The van der Waals surface area contributed by atoms with E-state index in [1.54, 1.807) is 24.3 Å². The van der Waals surface area contributed by atoms with Crippen LogP contribution in [-0.2, 0) is 14.3 Å². The first kappa shape index (κ1) is 21.3. The Bertz CT molecular complexity index is 1130. The van der Waals surface area contributed by atoms with E-state index in [1.165, 1.54) is 0 Å². The van der Waals surface area contributed by atoms with E-state index in [-0.39, 0.29) is 23.6 Å². The average molecular weight is 443 g/mol. The predicted molar refractivity (Wildman–Crippen MR) is 109 cm³/mol. The molecule has 0 saturated heterocycles. The smallest absolute Gasteiger partial charge is 0.338 e. The van der Waals surface area contributed by atoms with E-state index in [0.29, 0.717) is 17.9 Å². The quantitative estimate of drug-likeness (QED) is 0.670. The second kappa shape index (κ2) is 8.66. The van der Waals surface area contributed by atoms with Crippen molar-refractivity contribution in [1.29, 1.82) is 0 Å². The summed E-state index contributed by atoms with van der Waals surface area (Å²) in [6.45, 7) is 1.47. The summed E-state index contributed by atoms with van der Waals surface area (Å²) in [6, 6.07) is 8.12. The molecule has 32 heavy (non-hydrogen) atoms. The fraction of sp³-hybridized carbons (Fsp3) is 0.227. The molecule has 166 valence electrons. The number of carbonyl (C=O) groups excluding carboxylic acids is 3. The zero-order valence-corrected chi connectivity index (χ0v) is 17.0. The fourth-order valence-electron chi connectivity index (χ4n) is 3.64. The van der Waals surface area contributed by atoms with Crippen LogP contribution >= 0.6 is 0 Å². The van der Waals surface area contributed by atoms with Crippen molar-refractivity contribution in [3.63, 3.8) is 0 Å². The molecule has 8 nitrogen and oxygen atoms in total. The fourth-order valence-corrected chi connectivity index (χ4v) is 3.64. The molecule has 0 radical (unpaired) electrons. The van der Waals surface area contributed by atoms with Crippen LogP contribution in [0.3, 0.4) is 0 Å². The first-order valence-corrected chi connectivity index (χ1v) is 9.83. The van der Waals surface area contributed by atoms with E-state index in [0.717, 1.165) is 23.1 Å². The van der Waals surface area contributed by atoms with Gasteiger partial charge in [-0.25, -0.2) is 18.4 Å². The summed E-state index contributed by atoms with van der Waals surface area (Å²) in [6.07, 6.45) is 0. The van der Waals surface area contributed by atoms with Crippen molar-refractivity contribution in [2.75, 3.05) is 25.1 Å². The molecule has 2 N–H and O–H groups in total. The zero-order chi connectivity index (χ0) is 22.8. The van der Waals surface area contributed by atoms with Crippen LogP contribution in [0.25, 0.3) is 0 Å². The number of nitrogens with one attached hydrogen (secondary N) is 2. The predicted octanol–water partition coefficient (Wildman–Crippen LogP) is 2.88. The number of ether oxygens (including phenoxy) is 2. The number of amides is 3. The number of carbonyl (C=O) groups is 3. The first-order chi connectivity index (χ1) is 15.4. The lowest BCUT2D eigenvalue weighted by Crippen LogP contribution is -2.49. The van der Waals surface area contributed by atoms with Crippen molar-refractivity contribution in [3.05, 3.63) is 70.9 Å². The molecule has 0 fully saturated rings. The Hall–Kier alpha value is -3.95. The minimum Gasteiger partial charge on any atom is -0.494 e. The maximum Gasteiger partial charge on any atom is 0.338 e. The summed E-state index contributed by atoms with van der Waals surface area (Å²) in [5.74, 6) is -2.45. The summed E-state index contributed by atoms with van der Waals surface area (Å²) in [4.78, 5) is 38.9. The third kappa shape index (κ3) is 3.98. The topological polar surface area (TPSA) is 97.0 Å². The van der Waals surface area contributed by atoms with Crippen molar-refractivity contribution < 1.29 is 32.6 Å². The number of rotatable bonds is 6. The van der Waals surface area contributed by atoms with Crippen molar-refractivity contribution in [2.24, 2.45) is 0 Å². The standard InChI is InChI=1S/C22H19F2N3O5/c1-2-31-17-6-4-3-5-13(17)20-19-16(11-32-21(19)29)27(22(30)26-20)10-18(28)25-15-9-12(23)7-8-14(15)24/h3-9,20H,2,10-11H2,1H3,(H,25,28)(H,26,30)/t20-/m0/s1. The molecule has 3 amide bonds. The van der Waals surface area contributed by atoms with E-state index >= 15 is 0 Å². The van der Waals surface area contributed by atoms with Crippen LogP contribution in [-0.4, -0.2) is 42.6 Å². The second-order valence-electron chi connectivity index (χ2n) is 7.05. The number of hydrogen-bond acceptors (Lipinski definition) is 5. The number of benzene rings is 2. The van der Waals surface area contributed by atoms with Crippen molar-refractivity contribution >= 4 is 23.6 Å². The number of halogens is 2. The Balaban J connectivity index is 1.62. The van der Waals surface area contributed by atoms with Gasteiger partial charge < -0.3 is 20.1 Å². The van der Waals surface area contributed by atoms with Crippen LogP contribution in [0.1, 0.15) is 18.5 Å². The molecule has 1 atom stereocenters. The molecule has 2 heterocycles. The van der Waals surface area contributed by atoms with Gasteiger partial charge in [0.05, 0.1) is 29.6 Å². The van der Waals surface area contributed by atoms with Gasteiger partial charge >= 0.3 is 12.0 Å². The van der Waals surface area contributed by atoms with Gasteiger partial charge in [-0.1, -0.05) is 18.2 Å². The Morgan fingerprint density at radius 1 is 1.25 bits per heavy atom. The van der Waals surface area contributed by atoms with Crippen LogP contribution < -0.4 is 15.4 Å². The van der Waals surface area contributed by atoms with Gasteiger partial charge in [-0.2, -0.15) is 0 Å². The van der Waals surface area contributed by atoms with Crippen LogP contribution in [0.5, 0.6) is 5.75 Å². The van der Waals surface area contributed by atoms with Gasteiger partial charge in [0.1, 0.15) is 30.5 Å². The lowest BCUT2D eigenvalue weighted by atomic mass is 9.95. The Labute approximate surface area is 181 Å².